The summed E-state index contributed by atoms with van der Waals surface area (Å²) in [4.78, 5) is 10.9. The lowest BCUT2D eigenvalue weighted by Gasteiger charge is -2.35. The first-order chi connectivity index (χ1) is 8.40. The van der Waals surface area contributed by atoms with Crippen molar-refractivity contribution >= 4 is 27.4 Å². The third-order valence-corrected chi connectivity index (χ3v) is 4.23. The Balaban J connectivity index is 2.04. The van der Waals surface area contributed by atoms with E-state index < -0.39 is 0 Å². The predicted molar refractivity (Wildman–Crippen MR) is 69.5 cm³/mol. The van der Waals surface area contributed by atoms with Crippen LogP contribution in [0.2, 0.25) is 0 Å². The molecule has 1 fully saturated rings. The maximum Gasteiger partial charge on any atom is 0.150 e. The molecule has 0 amide bonds. The van der Waals surface area contributed by atoms with Crippen LogP contribution in [0.1, 0.15) is 19.3 Å². The number of piperidine rings is 1. The third kappa shape index (κ3) is 1.89. The largest absolute Gasteiger partial charge is 0.394 e. The molecule has 1 aliphatic heterocycles. The van der Waals surface area contributed by atoms with Gasteiger partial charge in [0.25, 0.3) is 0 Å². The van der Waals surface area contributed by atoms with Crippen LogP contribution in [0.4, 0.5) is 5.82 Å². The van der Waals surface area contributed by atoms with Crippen LogP contribution in [0.5, 0.6) is 0 Å². The number of hydrogen-bond donors (Lipinski definition) is 1. The first-order valence-electron chi connectivity index (χ1n) is 5.96. The number of aromatic nitrogens is 2. The van der Waals surface area contributed by atoms with Gasteiger partial charge in [0.05, 0.1) is 22.9 Å². The molecule has 17 heavy (non-hydrogen) atoms. The van der Waals surface area contributed by atoms with Crippen LogP contribution in [-0.4, -0.2) is 34.3 Å². The lowest BCUT2D eigenvalue weighted by atomic mass is 10.0. The third-order valence-electron chi connectivity index (χ3n) is 3.33. The van der Waals surface area contributed by atoms with Crippen molar-refractivity contribution in [1.82, 2.24) is 9.97 Å². The summed E-state index contributed by atoms with van der Waals surface area (Å²) in [6.45, 7) is 1.19. The lowest BCUT2D eigenvalue weighted by molar-refractivity contribution is 0.239. The molecule has 3 heterocycles. The first-order valence-corrected chi connectivity index (χ1v) is 6.84. The van der Waals surface area contributed by atoms with Crippen LogP contribution in [0.3, 0.4) is 0 Å². The summed E-state index contributed by atoms with van der Waals surface area (Å²) in [7, 11) is 0. The Morgan fingerprint density at radius 3 is 3.24 bits per heavy atom. The highest BCUT2D eigenvalue weighted by Gasteiger charge is 2.24. The fourth-order valence-corrected chi connectivity index (χ4v) is 3.30. The number of hydrogen-bond acceptors (Lipinski definition) is 5. The average Bonchev–Trinajstić information content (AvgIpc) is 2.86. The summed E-state index contributed by atoms with van der Waals surface area (Å²) >= 11 is 1.67. The van der Waals surface area contributed by atoms with E-state index in [-0.39, 0.29) is 12.6 Å². The predicted octanol–water partition coefficient (Wildman–Crippen LogP) is 2.04. The van der Waals surface area contributed by atoms with Gasteiger partial charge in [-0.1, -0.05) is 0 Å². The molecular weight excluding hydrogens is 234 g/mol. The summed E-state index contributed by atoms with van der Waals surface area (Å²) in [5, 5.41) is 11.5. The van der Waals surface area contributed by atoms with E-state index in [0.717, 1.165) is 29.0 Å². The number of aliphatic hydroxyl groups excluding tert-OH is 1. The highest BCUT2D eigenvalue weighted by Crippen LogP contribution is 2.31. The van der Waals surface area contributed by atoms with Gasteiger partial charge < -0.3 is 10.0 Å². The minimum Gasteiger partial charge on any atom is -0.394 e. The van der Waals surface area contributed by atoms with Gasteiger partial charge in [-0.15, -0.1) is 11.3 Å². The molecule has 1 saturated heterocycles. The molecule has 90 valence electrons. The van der Waals surface area contributed by atoms with Crippen molar-refractivity contribution in [1.29, 1.82) is 0 Å². The van der Waals surface area contributed by atoms with E-state index in [1.54, 1.807) is 17.7 Å². The van der Waals surface area contributed by atoms with E-state index in [1.807, 2.05) is 11.4 Å². The molecule has 4 nitrogen and oxygen atoms in total. The summed E-state index contributed by atoms with van der Waals surface area (Å²) in [6.07, 6.45) is 5.04. The minimum absolute atomic E-state index is 0.205. The second-order valence-electron chi connectivity index (χ2n) is 4.36. The Bertz CT molecular complexity index is 513. The van der Waals surface area contributed by atoms with E-state index in [4.69, 9.17) is 0 Å². The second kappa shape index (κ2) is 4.58. The van der Waals surface area contributed by atoms with Gasteiger partial charge in [0, 0.05) is 6.54 Å². The van der Waals surface area contributed by atoms with Crippen LogP contribution in [-0.2, 0) is 0 Å². The smallest absolute Gasteiger partial charge is 0.150 e. The maximum absolute atomic E-state index is 9.46. The van der Waals surface area contributed by atoms with Crippen molar-refractivity contribution < 1.29 is 5.11 Å². The van der Waals surface area contributed by atoms with Gasteiger partial charge in [-0.3, -0.25) is 0 Å². The molecule has 0 aliphatic carbocycles. The molecule has 1 unspecified atom stereocenters. The van der Waals surface area contributed by atoms with Crippen LogP contribution in [0, 0.1) is 0 Å². The molecule has 1 N–H and O–H groups in total. The second-order valence-corrected chi connectivity index (χ2v) is 5.27. The molecule has 1 atom stereocenters. The Morgan fingerprint density at radius 1 is 1.41 bits per heavy atom. The van der Waals surface area contributed by atoms with Crippen molar-refractivity contribution in [2.45, 2.75) is 25.3 Å². The summed E-state index contributed by atoms with van der Waals surface area (Å²) < 4.78 is 1.13. The molecule has 3 rings (SSSR count). The number of rotatable bonds is 2. The normalized spacial score (nSPS) is 21.0. The van der Waals surface area contributed by atoms with Gasteiger partial charge in [0.2, 0.25) is 0 Å². The fraction of sp³-hybridized carbons (Fsp3) is 0.500. The van der Waals surface area contributed by atoms with Gasteiger partial charge in [-0.2, -0.15) is 0 Å². The Hall–Kier alpha value is -1.20. The highest BCUT2D eigenvalue weighted by molar-refractivity contribution is 7.17. The van der Waals surface area contributed by atoms with Crippen molar-refractivity contribution in [3.63, 3.8) is 0 Å². The highest BCUT2D eigenvalue weighted by atomic mass is 32.1. The van der Waals surface area contributed by atoms with Crippen molar-refractivity contribution in [3.8, 4) is 0 Å². The molecule has 0 saturated carbocycles. The Kier molecular flexibility index (Phi) is 2.94. The number of fused-ring (bicyclic) bond motifs is 1. The zero-order valence-electron chi connectivity index (χ0n) is 9.54. The summed E-state index contributed by atoms with van der Waals surface area (Å²) in [6, 6.07) is 2.23. The number of thiophene rings is 1. The topological polar surface area (TPSA) is 49.2 Å². The minimum atomic E-state index is 0.205. The van der Waals surface area contributed by atoms with Crippen LogP contribution in [0.25, 0.3) is 10.2 Å². The Morgan fingerprint density at radius 2 is 2.35 bits per heavy atom. The molecular formula is C12H15N3OS. The van der Waals surface area contributed by atoms with E-state index >= 15 is 0 Å². The number of anilines is 1. The SMILES string of the molecule is OCC1CCCCN1c1ncnc2ccsc12. The quantitative estimate of drug-likeness (QED) is 0.885. The van der Waals surface area contributed by atoms with E-state index in [0.29, 0.717) is 0 Å². The number of aliphatic hydroxyl groups is 1. The van der Waals surface area contributed by atoms with Crippen molar-refractivity contribution in [3.05, 3.63) is 17.8 Å². The van der Waals surface area contributed by atoms with Gasteiger partial charge in [0.1, 0.15) is 12.1 Å². The molecule has 0 bridgehead atoms. The van der Waals surface area contributed by atoms with E-state index in [2.05, 4.69) is 14.9 Å². The molecule has 0 aromatic carbocycles. The zero-order valence-corrected chi connectivity index (χ0v) is 10.4. The van der Waals surface area contributed by atoms with Crippen LogP contribution < -0.4 is 4.90 Å². The van der Waals surface area contributed by atoms with Crippen LogP contribution >= 0.6 is 11.3 Å². The van der Waals surface area contributed by atoms with Crippen molar-refractivity contribution in [2.75, 3.05) is 18.1 Å². The molecule has 2 aromatic rings. The monoisotopic (exact) mass is 249 g/mol. The molecule has 0 radical (unpaired) electrons. The molecule has 1 aliphatic rings. The fourth-order valence-electron chi connectivity index (χ4n) is 2.45. The molecule has 5 heteroatoms. The van der Waals surface area contributed by atoms with Crippen LogP contribution in [0.15, 0.2) is 17.8 Å². The van der Waals surface area contributed by atoms with Gasteiger partial charge >= 0.3 is 0 Å². The van der Waals surface area contributed by atoms with Gasteiger partial charge in [0.15, 0.2) is 0 Å². The van der Waals surface area contributed by atoms with Crippen molar-refractivity contribution in [2.24, 2.45) is 0 Å². The van der Waals surface area contributed by atoms with E-state index in [9.17, 15) is 5.11 Å². The lowest BCUT2D eigenvalue weighted by Crippen LogP contribution is -2.42. The van der Waals surface area contributed by atoms with Gasteiger partial charge in [-0.25, -0.2) is 9.97 Å². The van der Waals surface area contributed by atoms with E-state index in [1.165, 1.54) is 12.8 Å². The number of nitrogens with zero attached hydrogens (tertiary/aromatic N) is 3. The maximum atomic E-state index is 9.46. The molecule has 2 aromatic heterocycles. The molecule has 0 spiro atoms. The standard InChI is InChI=1S/C12H15N3OS/c16-7-9-3-1-2-5-15(9)12-11-10(4-6-17-11)13-8-14-12/h4,6,8-9,16H,1-3,5,7H2. The zero-order chi connectivity index (χ0) is 11.7. The first kappa shape index (κ1) is 10.9. The summed E-state index contributed by atoms with van der Waals surface area (Å²) in [5.41, 5.74) is 1.00. The van der Waals surface area contributed by atoms with Gasteiger partial charge in [-0.05, 0) is 30.7 Å². The Labute approximate surface area is 104 Å². The average molecular weight is 249 g/mol. The summed E-state index contributed by atoms with van der Waals surface area (Å²) in [5.74, 6) is 0.990.